The first-order valence-electron chi connectivity index (χ1n) is 8.70. The minimum Gasteiger partial charge on any atom is -0.263 e. The van der Waals surface area contributed by atoms with Crippen LogP contribution in [0.25, 0.3) is 32.8 Å². The molecule has 0 aliphatic heterocycles. The van der Waals surface area contributed by atoms with Crippen LogP contribution in [-0.2, 0) is 0 Å². The normalized spacial score (nSPS) is 10.4. The molecule has 0 atom stereocenters. The van der Waals surface area contributed by atoms with Crippen molar-refractivity contribution in [3.63, 3.8) is 0 Å². The summed E-state index contributed by atoms with van der Waals surface area (Å²) in [5.74, 6) is 0. The van der Waals surface area contributed by atoms with Crippen LogP contribution < -0.4 is 0 Å². The van der Waals surface area contributed by atoms with Crippen molar-refractivity contribution in [3.8, 4) is 11.1 Å². The Bertz CT molecular complexity index is 1120. The molecular formula is C24H17BrN2. The van der Waals surface area contributed by atoms with E-state index in [1.165, 1.54) is 21.9 Å². The first kappa shape index (κ1) is 17.4. The highest BCUT2D eigenvalue weighted by Crippen LogP contribution is 2.27. The van der Waals surface area contributed by atoms with E-state index in [0.29, 0.717) is 0 Å². The Kier molecular flexibility index (Phi) is 5.22. The van der Waals surface area contributed by atoms with Crippen LogP contribution in [0.1, 0.15) is 0 Å². The molecule has 2 aromatic heterocycles. The van der Waals surface area contributed by atoms with Crippen molar-refractivity contribution >= 4 is 37.6 Å². The minimum atomic E-state index is 1.04. The molecule has 0 spiro atoms. The summed E-state index contributed by atoms with van der Waals surface area (Å²) in [5.41, 5.74) is 3.51. The maximum absolute atomic E-state index is 4.20. The number of nitrogens with zero attached hydrogens (tertiary/aromatic N) is 2. The van der Waals surface area contributed by atoms with Gasteiger partial charge in [0, 0.05) is 33.8 Å². The summed E-state index contributed by atoms with van der Waals surface area (Å²) >= 11 is 3.52. The maximum atomic E-state index is 4.20. The van der Waals surface area contributed by atoms with E-state index in [-0.39, 0.29) is 0 Å². The summed E-state index contributed by atoms with van der Waals surface area (Å²) in [6.07, 6.45) is 5.53. The molecule has 5 rings (SSSR count). The summed E-state index contributed by atoms with van der Waals surface area (Å²) in [4.78, 5) is 8.38. The smallest absolute Gasteiger partial charge is 0.0701 e. The second-order valence-electron chi connectivity index (χ2n) is 6.12. The zero-order valence-electron chi connectivity index (χ0n) is 14.6. The number of hydrogen-bond donors (Lipinski definition) is 0. The number of para-hydroxylation sites is 1. The van der Waals surface area contributed by atoms with Gasteiger partial charge >= 0.3 is 0 Å². The van der Waals surface area contributed by atoms with Crippen LogP contribution >= 0.6 is 15.9 Å². The highest BCUT2D eigenvalue weighted by atomic mass is 79.9. The summed E-state index contributed by atoms with van der Waals surface area (Å²) in [6, 6.07) is 28.9. The number of halogens is 1. The lowest BCUT2D eigenvalue weighted by atomic mass is 10.0. The predicted octanol–water partition coefficient (Wildman–Crippen LogP) is 6.90. The molecule has 2 nitrogen and oxygen atoms in total. The second-order valence-corrected chi connectivity index (χ2v) is 6.97. The minimum absolute atomic E-state index is 1.04. The van der Waals surface area contributed by atoms with Gasteiger partial charge in [-0.05, 0) is 50.6 Å². The van der Waals surface area contributed by atoms with Gasteiger partial charge in [-0.2, -0.15) is 0 Å². The molecule has 0 aliphatic carbocycles. The molecule has 27 heavy (non-hydrogen) atoms. The van der Waals surface area contributed by atoms with E-state index in [2.05, 4.69) is 80.5 Å². The Labute approximate surface area is 166 Å². The van der Waals surface area contributed by atoms with Gasteiger partial charge in [-0.15, -0.1) is 0 Å². The molecular weight excluding hydrogens is 396 g/mol. The monoisotopic (exact) mass is 412 g/mol. The van der Waals surface area contributed by atoms with Crippen molar-refractivity contribution in [2.24, 2.45) is 0 Å². The predicted molar refractivity (Wildman–Crippen MR) is 117 cm³/mol. The van der Waals surface area contributed by atoms with E-state index in [4.69, 9.17) is 0 Å². The molecule has 0 N–H and O–H groups in total. The average molecular weight is 413 g/mol. The summed E-state index contributed by atoms with van der Waals surface area (Å²) in [7, 11) is 0. The van der Waals surface area contributed by atoms with E-state index in [1.807, 2.05) is 48.9 Å². The topological polar surface area (TPSA) is 25.8 Å². The highest BCUT2D eigenvalue weighted by molar-refractivity contribution is 9.10. The lowest BCUT2D eigenvalue weighted by molar-refractivity contribution is 1.35. The van der Waals surface area contributed by atoms with Crippen LogP contribution in [0.4, 0.5) is 0 Å². The fourth-order valence-corrected chi connectivity index (χ4v) is 3.45. The van der Waals surface area contributed by atoms with Gasteiger partial charge in [0.1, 0.15) is 0 Å². The number of fused-ring (bicyclic) bond motifs is 2. The SMILES string of the molecule is Brc1cncc2cc(-c3ccccc3)ccc12.c1ccc2ncccc2c1. The zero-order valence-corrected chi connectivity index (χ0v) is 16.2. The number of benzene rings is 3. The van der Waals surface area contributed by atoms with Gasteiger partial charge in [0.25, 0.3) is 0 Å². The first-order chi connectivity index (χ1) is 13.3. The van der Waals surface area contributed by atoms with E-state index in [1.54, 1.807) is 0 Å². The van der Waals surface area contributed by atoms with Gasteiger partial charge in [0.2, 0.25) is 0 Å². The molecule has 0 bridgehead atoms. The number of aromatic nitrogens is 2. The van der Waals surface area contributed by atoms with Gasteiger partial charge in [-0.3, -0.25) is 9.97 Å². The van der Waals surface area contributed by atoms with Crippen molar-refractivity contribution in [1.82, 2.24) is 9.97 Å². The van der Waals surface area contributed by atoms with Crippen LogP contribution in [-0.4, -0.2) is 9.97 Å². The molecule has 0 amide bonds. The standard InChI is InChI=1S/C15H10BrN.C9H7N/c16-15-10-17-9-13-8-12(6-7-14(13)15)11-4-2-1-3-5-11;1-2-6-9-8(4-1)5-3-7-10-9/h1-10H;1-7H. The Morgan fingerprint density at radius 1 is 0.630 bits per heavy atom. The van der Waals surface area contributed by atoms with Gasteiger partial charge < -0.3 is 0 Å². The quantitative estimate of drug-likeness (QED) is 0.299. The molecule has 0 radical (unpaired) electrons. The number of pyridine rings is 2. The third-order valence-corrected chi connectivity index (χ3v) is 4.96. The zero-order chi connectivity index (χ0) is 18.5. The third kappa shape index (κ3) is 4.04. The van der Waals surface area contributed by atoms with Crippen molar-refractivity contribution in [2.45, 2.75) is 0 Å². The fourth-order valence-electron chi connectivity index (χ4n) is 2.97. The molecule has 5 aromatic rings. The summed E-state index contributed by atoms with van der Waals surface area (Å²) in [5, 5.41) is 3.55. The first-order valence-corrected chi connectivity index (χ1v) is 9.49. The van der Waals surface area contributed by atoms with Crippen LogP contribution in [0.15, 0.2) is 108 Å². The Morgan fingerprint density at radius 2 is 1.41 bits per heavy atom. The molecule has 0 unspecified atom stereocenters. The molecule has 2 heterocycles. The van der Waals surface area contributed by atoms with Crippen LogP contribution in [0.3, 0.4) is 0 Å². The Balaban J connectivity index is 0.000000153. The van der Waals surface area contributed by atoms with Crippen LogP contribution in [0.5, 0.6) is 0 Å². The second kappa shape index (κ2) is 8.11. The fraction of sp³-hybridized carbons (Fsp3) is 0. The molecule has 0 saturated carbocycles. The van der Waals surface area contributed by atoms with E-state index < -0.39 is 0 Å². The van der Waals surface area contributed by atoms with E-state index >= 15 is 0 Å². The van der Waals surface area contributed by atoms with Gasteiger partial charge in [-0.25, -0.2) is 0 Å². The lowest BCUT2D eigenvalue weighted by Crippen LogP contribution is -1.81. The van der Waals surface area contributed by atoms with Crippen molar-refractivity contribution in [2.75, 3.05) is 0 Å². The highest BCUT2D eigenvalue weighted by Gasteiger charge is 2.01. The van der Waals surface area contributed by atoms with Crippen molar-refractivity contribution in [1.29, 1.82) is 0 Å². The molecule has 130 valence electrons. The number of hydrogen-bond acceptors (Lipinski definition) is 2. The largest absolute Gasteiger partial charge is 0.263 e. The van der Waals surface area contributed by atoms with Gasteiger partial charge in [0.05, 0.1) is 5.52 Å². The molecule has 0 saturated heterocycles. The number of rotatable bonds is 1. The maximum Gasteiger partial charge on any atom is 0.0701 e. The Morgan fingerprint density at radius 3 is 2.26 bits per heavy atom. The van der Waals surface area contributed by atoms with Crippen LogP contribution in [0.2, 0.25) is 0 Å². The third-order valence-electron chi connectivity index (χ3n) is 4.33. The van der Waals surface area contributed by atoms with Crippen molar-refractivity contribution < 1.29 is 0 Å². The van der Waals surface area contributed by atoms with E-state index in [0.717, 1.165) is 15.4 Å². The van der Waals surface area contributed by atoms with Crippen LogP contribution in [0, 0.1) is 0 Å². The van der Waals surface area contributed by atoms with E-state index in [9.17, 15) is 0 Å². The van der Waals surface area contributed by atoms with Gasteiger partial charge in [-0.1, -0.05) is 66.7 Å². The molecule has 3 heteroatoms. The summed E-state index contributed by atoms with van der Waals surface area (Å²) in [6.45, 7) is 0. The average Bonchev–Trinajstić information content (AvgIpc) is 2.75. The van der Waals surface area contributed by atoms with Crippen molar-refractivity contribution in [3.05, 3.63) is 108 Å². The molecule has 0 fully saturated rings. The Hall–Kier alpha value is -3.04. The lowest BCUT2D eigenvalue weighted by Gasteiger charge is -2.04. The molecule has 3 aromatic carbocycles. The summed E-state index contributed by atoms with van der Waals surface area (Å²) < 4.78 is 1.04. The molecule has 0 aliphatic rings. The van der Waals surface area contributed by atoms with Gasteiger partial charge in [0.15, 0.2) is 0 Å².